The minimum Gasteiger partial charge on any atom is -0.540 e. The van der Waals surface area contributed by atoms with E-state index in [4.69, 9.17) is 18.6 Å². The Morgan fingerprint density at radius 2 is 1.76 bits per heavy atom. The highest BCUT2D eigenvalue weighted by Crippen LogP contribution is 2.47. The van der Waals surface area contributed by atoms with Crippen LogP contribution in [0.25, 0.3) is 5.57 Å². The summed E-state index contributed by atoms with van der Waals surface area (Å²) in [5, 5.41) is 0. The predicted molar refractivity (Wildman–Crippen MR) is 167 cm³/mol. The zero-order chi connectivity index (χ0) is 30.8. The minimum absolute atomic E-state index is 0.0532. The van der Waals surface area contributed by atoms with Crippen LogP contribution >= 0.6 is 0 Å². The van der Waals surface area contributed by atoms with E-state index in [9.17, 15) is 9.59 Å². The SMILES string of the molecule is C=CCOC(=O)N1C[C@@H]2CC(c3ccc(OC)nc3)=CN2C(=O)c2cc(OC)c(O[Si](C(C)C)(C(C)C)C(C)C)cc21. The van der Waals surface area contributed by atoms with E-state index < -0.39 is 14.4 Å². The third kappa shape index (κ3) is 5.64. The lowest BCUT2D eigenvalue weighted by atomic mass is 10.0. The summed E-state index contributed by atoms with van der Waals surface area (Å²) in [6, 6.07) is 6.89. The molecule has 0 saturated heterocycles. The summed E-state index contributed by atoms with van der Waals surface area (Å²) in [5.41, 5.74) is 3.57. The third-order valence-corrected chi connectivity index (χ3v) is 14.4. The summed E-state index contributed by atoms with van der Waals surface area (Å²) in [4.78, 5) is 35.2. The lowest BCUT2D eigenvalue weighted by molar-refractivity contribution is 0.0794. The first-order valence-corrected chi connectivity index (χ1v) is 16.6. The molecule has 1 aromatic carbocycles. The summed E-state index contributed by atoms with van der Waals surface area (Å²) in [5.74, 6) is 1.28. The lowest BCUT2D eigenvalue weighted by Gasteiger charge is -2.42. The van der Waals surface area contributed by atoms with Gasteiger partial charge in [-0.3, -0.25) is 9.69 Å². The fourth-order valence-corrected chi connectivity index (χ4v) is 11.7. The molecule has 1 aromatic heterocycles. The van der Waals surface area contributed by atoms with E-state index in [1.165, 1.54) is 6.08 Å². The standard InChI is InChI=1S/C32H43N3O6Si/c1-10-13-40-32(37)35-19-25-14-24(23-11-12-30(39-9)33-17-23)18-34(25)31(36)26-15-28(38-8)29(16-27(26)35)41-42(20(2)3,21(4)5)22(6)7/h10-12,15-18,20-22,25H,1,13-14,19H2,2-9H3/t25-/m0/s1. The molecule has 0 aliphatic carbocycles. The molecule has 0 bridgehead atoms. The molecule has 0 fully saturated rings. The average molecular weight is 594 g/mol. The molecule has 0 N–H and O–H groups in total. The molecule has 0 unspecified atom stereocenters. The van der Waals surface area contributed by atoms with Gasteiger partial charge in [0, 0.05) is 24.5 Å². The van der Waals surface area contributed by atoms with Crippen molar-refractivity contribution in [2.45, 2.75) is 70.6 Å². The molecule has 42 heavy (non-hydrogen) atoms. The maximum Gasteiger partial charge on any atom is 0.414 e. The highest BCUT2D eigenvalue weighted by atomic mass is 28.4. The van der Waals surface area contributed by atoms with E-state index in [1.807, 2.05) is 12.3 Å². The topological polar surface area (TPSA) is 90.4 Å². The van der Waals surface area contributed by atoms with Gasteiger partial charge in [-0.1, -0.05) is 54.2 Å². The van der Waals surface area contributed by atoms with Gasteiger partial charge in [0.15, 0.2) is 5.75 Å². The Balaban J connectivity index is 1.83. The van der Waals surface area contributed by atoms with Crippen LogP contribution < -0.4 is 18.8 Å². The van der Waals surface area contributed by atoms with Gasteiger partial charge in [0.25, 0.3) is 14.2 Å². The molecule has 0 spiro atoms. The Bertz CT molecular complexity index is 1330. The van der Waals surface area contributed by atoms with E-state index in [-0.39, 0.29) is 25.1 Å². The number of hydrogen-bond acceptors (Lipinski definition) is 7. The molecular formula is C32H43N3O6Si. The number of hydrogen-bond donors (Lipinski definition) is 0. The molecule has 1 atom stereocenters. The molecule has 2 aliphatic rings. The van der Waals surface area contributed by atoms with Crippen LogP contribution in [-0.2, 0) is 4.74 Å². The fraction of sp³-hybridized carbons (Fsp3) is 0.469. The number of aromatic nitrogens is 1. The number of anilines is 1. The van der Waals surface area contributed by atoms with E-state index in [1.54, 1.807) is 48.4 Å². The number of fused-ring (bicyclic) bond motifs is 2. The van der Waals surface area contributed by atoms with Crippen LogP contribution in [0.4, 0.5) is 10.5 Å². The zero-order valence-corrected chi connectivity index (χ0v) is 27.0. The van der Waals surface area contributed by atoms with Crippen LogP contribution in [0.3, 0.4) is 0 Å². The van der Waals surface area contributed by atoms with Crippen molar-refractivity contribution in [2.75, 3.05) is 32.3 Å². The van der Waals surface area contributed by atoms with Crippen molar-refractivity contribution in [3.05, 3.63) is 60.4 Å². The third-order valence-electron chi connectivity index (χ3n) is 8.43. The van der Waals surface area contributed by atoms with Crippen molar-refractivity contribution in [3.8, 4) is 17.4 Å². The maximum atomic E-state index is 14.1. The van der Waals surface area contributed by atoms with Crippen molar-refractivity contribution in [1.29, 1.82) is 0 Å². The molecule has 9 nitrogen and oxygen atoms in total. The second-order valence-electron chi connectivity index (χ2n) is 11.7. The van der Waals surface area contributed by atoms with Gasteiger partial charge in [0.05, 0.1) is 38.1 Å². The van der Waals surface area contributed by atoms with Crippen LogP contribution in [-0.4, -0.2) is 63.6 Å². The summed E-state index contributed by atoms with van der Waals surface area (Å²) >= 11 is 0. The Hall–Kier alpha value is -3.79. The van der Waals surface area contributed by atoms with Gasteiger partial charge >= 0.3 is 6.09 Å². The van der Waals surface area contributed by atoms with Crippen molar-refractivity contribution >= 4 is 31.6 Å². The Morgan fingerprint density at radius 1 is 1.07 bits per heavy atom. The largest absolute Gasteiger partial charge is 0.540 e. The molecule has 4 rings (SSSR count). The fourth-order valence-electron chi connectivity index (χ4n) is 6.49. The van der Waals surface area contributed by atoms with Crippen molar-refractivity contribution < 1.29 is 28.2 Å². The summed E-state index contributed by atoms with van der Waals surface area (Å²) < 4.78 is 23.5. The number of ether oxygens (including phenoxy) is 3. The predicted octanol–water partition coefficient (Wildman–Crippen LogP) is 7.05. The molecule has 3 heterocycles. The van der Waals surface area contributed by atoms with Crippen molar-refractivity contribution in [2.24, 2.45) is 0 Å². The minimum atomic E-state index is -2.39. The van der Waals surface area contributed by atoms with Crippen molar-refractivity contribution in [1.82, 2.24) is 9.88 Å². The first-order chi connectivity index (χ1) is 20.0. The maximum absolute atomic E-state index is 14.1. The van der Waals surface area contributed by atoms with Crippen LogP contribution in [0, 0.1) is 0 Å². The molecule has 2 aromatic rings. The molecule has 226 valence electrons. The number of amides is 2. The van der Waals surface area contributed by atoms with E-state index in [0.717, 1.165) is 11.1 Å². The number of benzene rings is 1. The molecule has 2 aliphatic heterocycles. The van der Waals surface area contributed by atoms with Gasteiger partial charge in [-0.15, -0.1) is 0 Å². The summed E-state index contributed by atoms with van der Waals surface area (Å²) in [6.45, 7) is 17.2. The first-order valence-electron chi connectivity index (χ1n) is 14.5. The lowest BCUT2D eigenvalue weighted by Crippen LogP contribution is -2.50. The van der Waals surface area contributed by atoms with Crippen LogP contribution in [0.5, 0.6) is 17.4 Å². The number of carbonyl (C=O) groups excluding carboxylic acids is 2. The molecule has 0 saturated carbocycles. The van der Waals surface area contributed by atoms with Gasteiger partial charge in [0.1, 0.15) is 12.4 Å². The van der Waals surface area contributed by atoms with Gasteiger partial charge in [-0.05, 0) is 46.3 Å². The summed E-state index contributed by atoms with van der Waals surface area (Å²) in [7, 11) is 0.755. The second-order valence-corrected chi connectivity index (χ2v) is 17.1. The average Bonchev–Trinajstić information content (AvgIpc) is 3.35. The van der Waals surface area contributed by atoms with E-state index in [0.29, 0.717) is 51.7 Å². The second kappa shape index (κ2) is 12.6. The summed E-state index contributed by atoms with van der Waals surface area (Å²) in [6.07, 6.45) is 5.10. The monoisotopic (exact) mass is 593 g/mol. The number of carbonyl (C=O) groups is 2. The van der Waals surface area contributed by atoms with Crippen LogP contribution in [0.1, 0.15) is 63.9 Å². The quantitative estimate of drug-likeness (QED) is 0.215. The number of methoxy groups -OCH3 is 2. The van der Waals surface area contributed by atoms with Gasteiger partial charge in [0.2, 0.25) is 5.88 Å². The van der Waals surface area contributed by atoms with Crippen molar-refractivity contribution in [3.63, 3.8) is 0 Å². The Kier molecular flexibility index (Phi) is 9.35. The zero-order valence-electron chi connectivity index (χ0n) is 26.0. The number of rotatable bonds is 10. The van der Waals surface area contributed by atoms with Gasteiger partial charge in [-0.2, -0.15) is 0 Å². The van der Waals surface area contributed by atoms with Gasteiger partial charge in [-0.25, -0.2) is 9.78 Å². The molecule has 2 amide bonds. The number of pyridine rings is 1. The molecular weight excluding hydrogens is 550 g/mol. The van der Waals surface area contributed by atoms with E-state index >= 15 is 0 Å². The van der Waals surface area contributed by atoms with Crippen LogP contribution in [0.2, 0.25) is 16.6 Å². The van der Waals surface area contributed by atoms with Gasteiger partial charge < -0.3 is 23.5 Å². The Labute approximate surface area is 250 Å². The molecule has 10 heteroatoms. The highest BCUT2D eigenvalue weighted by molar-refractivity contribution is 6.78. The smallest absolute Gasteiger partial charge is 0.414 e. The first kappa shape index (κ1) is 31.1. The van der Waals surface area contributed by atoms with Crippen LogP contribution in [0.15, 0.2) is 49.3 Å². The Morgan fingerprint density at radius 3 is 2.31 bits per heavy atom. The van der Waals surface area contributed by atoms with E-state index in [2.05, 4.69) is 53.1 Å². The normalized spacial score (nSPS) is 16.7. The highest BCUT2D eigenvalue weighted by Gasteiger charge is 2.48. The number of nitrogens with zero attached hydrogens (tertiary/aromatic N) is 3. The molecule has 0 radical (unpaired) electrons.